The van der Waals surface area contributed by atoms with E-state index in [0.717, 1.165) is 0 Å². The number of amides is 1. The SMILES string of the molecule is CC(O)(CNC(=O)Cc1ccccc1[N+](=O)[O-])c1ccc(F)cc1. The Balaban J connectivity index is 2.00. The fraction of sp³-hybridized carbons (Fsp3) is 0.235. The van der Waals surface area contributed by atoms with Crippen LogP contribution in [-0.2, 0) is 16.8 Å². The van der Waals surface area contributed by atoms with E-state index in [1.165, 1.54) is 49.4 Å². The zero-order chi connectivity index (χ0) is 17.7. The number of benzene rings is 2. The van der Waals surface area contributed by atoms with Gasteiger partial charge in [-0.3, -0.25) is 14.9 Å². The second-order valence-corrected chi connectivity index (χ2v) is 5.62. The van der Waals surface area contributed by atoms with E-state index in [0.29, 0.717) is 11.1 Å². The Hall–Kier alpha value is -2.80. The number of nitrogens with zero attached hydrogens (tertiary/aromatic N) is 1. The van der Waals surface area contributed by atoms with Crippen molar-refractivity contribution in [3.63, 3.8) is 0 Å². The lowest BCUT2D eigenvalue weighted by molar-refractivity contribution is -0.385. The zero-order valence-corrected chi connectivity index (χ0v) is 13.0. The molecule has 0 aliphatic heterocycles. The van der Waals surface area contributed by atoms with Crippen LogP contribution < -0.4 is 5.32 Å². The first-order valence-electron chi connectivity index (χ1n) is 7.27. The molecule has 2 rings (SSSR count). The van der Waals surface area contributed by atoms with Crippen molar-refractivity contribution < 1.29 is 19.2 Å². The van der Waals surface area contributed by atoms with Crippen molar-refractivity contribution in [1.82, 2.24) is 5.32 Å². The highest BCUT2D eigenvalue weighted by Gasteiger charge is 2.24. The second kappa shape index (κ2) is 7.18. The molecule has 0 saturated heterocycles. The van der Waals surface area contributed by atoms with Crippen LogP contribution >= 0.6 is 0 Å². The van der Waals surface area contributed by atoms with Crippen LogP contribution in [-0.4, -0.2) is 22.5 Å². The summed E-state index contributed by atoms with van der Waals surface area (Å²) in [7, 11) is 0. The van der Waals surface area contributed by atoms with Crippen LogP contribution in [0.4, 0.5) is 10.1 Å². The molecule has 0 fully saturated rings. The first-order valence-corrected chi connectivity index (χ1v) is 7.27. The molecule has 0 radical (unpaired) electrons. The Morgan fingerprint density at radius 2 is 1.88 bits per heavy atom. The van der Waals surface area contributed by atoms with Crippen LogP contribution in [0.2, 0.25) is 0 Å². The minimum Gasteiger partial charge on any atom is -0.384 e. The van der Waals surface area contributed by atoms with E-state index < -0.39 is 22.2 Å². The molecule has 2 aromatic rings. The molecular weight excluding hydrogens is 315 g/mol. The summed E-state index contributed by atoms with van der Waals surface area (Å²) in [6.45, 7) is 1.39. The number of halogens is 1. The van der Waals surface area contributed by atoms with Gasteiger partial charge in [-0.05, 0) is 24.6 Å². The summed E-state index contributed by atoms with van der Waals surface area (Å²) < 4.78 is 12.9. The molecule has 1 unspecified atom stereocenters. The Kier molecular flexibility index (Phi) is 5.25. The molecule has 6 nitrogen and oxygen atoms in total. The van der Waals surface area contributed by atoms with E-state index in [2.05, 4.69) is 5.32 Å². The van der Waals surface area contributed by atoms with Crippen molar-refractivity contribution in [2.45, 2.75) is 18.9 Å². The number of rotatable bonds is 6. The van der Waals surface area contributed by atoms with E-state index >= 15 is 0 Å². The number of carbonyl (C=O) groups excluding carboxylic acids is 1. The van der Waals surface area contributed by atoms with Gasteiger partial charge >= 0.3 is 0 Å². The molecule has 1 amide bonds. The van der Waals surface area contributed by atoms with E-state index in [4.69, 9.17) is 0 Å². The van der Waals surface area contributed by atoms with Crippen LogP contribution in [0.5, 0.6) is 0 Å². The summed E-state index contributed by atoms with van der Waals surface area (Å²) in [5, 5.41) is 23.9. The Bertz CT molecular complexity index is 745. The number of nitro benzene ring substituents is 1. The van der Waals surface area contributed by atoms with Gasteiger partial charge in [-0.1, -0.05) is 30.3 Å². The van der Waals surface area contributed by atoms with E-state index in [-0.39, 0.29) is 18.7 Å². The van der Waals surface area contributed by atoms with Crippen molar-refractivity contribution in [2.24, 2.45) is 0 Å². The maximum Gasteiger partial charge on any atom is 0.273 e. The summed E-state index contributed by atoms with van der Waals surface area (Å²) in [5.74, 6) is -0.873. The quantitative estimate of drug-likeness (QED) is 0.627. The van der Waals surface area contributed by atoms with Crippen LogP contribution in [0.15, 0.2) is 48.5 Å². The Morgan fingerprint density at radius 1 is 1.25 bits per heavy atom. The highest BCUT2D eigenvalue weighted by Crippen LogP contribution is 2.21. The van der Waals surface area contributed by atoms with Gasteiger partial charge in [0.25, 0.3) is 5.69 Å². The number of carbonyl (C=O) groups is 1. The number of hydrogen-bond acceptors (Lipinski definition) is 4. The van der Waals surface area contributed by atoms with Crippen LogP contribution in [0.25, 0.3) is 0 Å². The molecule has 0 saturated carbocycles. The number of nitro groups is 1. The summed E-state index contributed by atoms with van der Waals surface area (Å²) in [6, 6.07) is 11.3. The molecule has 0 aromatic heterocycles. The van der Waals surface area contributed by atoms with Crippen molar-refractivity contribution in [2.75, 3.05) is 6.54 Å². The average Bonchev–Trinajstić information content (AvgIpc) is 2.54. The average molecular weight is 332 g/mol. The van der Waals surface area contributed by atoms with Crippen LogP contribution in [0.1, 0.15) is 18.1 Å². The number of aliphatic hydroxyl groups is 1. The van der Waals surface area contributed by atoms with Crippen LogP contribution in [0.3, 0.4) is 0 Å². The second-order valence-electron chi connectivity index (χ2n) is 5.62. The van der Waals surface area contributed by atoms with Gasteiger partial charge in [0.1, 0.15) is 11.4 Å². The molecule has 0 heterocycles. The molecule has 0 spiro atoms. The van der Waals surface area contributed by atoms with Crippen molar-refractivity contribution in [3.05, 3.63) is 75.6 Å². The standard InChI is InChI=1S/C17H17FN2O4/c1-17(22,13-6-8-14(18)9-7-13)11-19-16(21)10-12-4-2-3-5-15(12)20(23)24/h2-9,22H,10-11H2,1H3,(H,19,21). The molecule has 24 heavy (non-hydrogen) atoms. The fourth-order valence-corrected chi connectivity index (χ4v) is 2.26. The Morgan fingerprint density at radius 3 is 2.50 bits per heavy atom. The van der Waals surface area contributed by atoms with Gasteiger partial charge < -0.3 is 10.4 Å². The Labute approximate surface area is 138 Å². The molecule has 0 bridgehead atoms. The smallest absolute Gasteiger partial charge is 0.273 e. The minimum absolute atomic E-state index is 0.0991. The normalized spacial score (nSPS) is 13.1. The van der Waals surface area contributed by atoms with Gasteiger partial charge in [-0.25, -0.2) is 4.39 Å². The zero-order valence-electron chi connectivity index (χ0n) is 13.0. The molecule has 2 N–H and O–H groups in total. The molecule has 126 valence electrons. The summed E-state index contributed by atoms with van der Waals surface area (Å²) in [5.41, 5.74) is -0.763. The van der Waals surface area contributed by atoms with E-state index in [1.54, 1.807) is 6.07 Å². The number of hydrogen-bond donors (Lipinski definition) is 2. The van der Waals surface area contributed by atoms with Gasteiger partial charge in [-0.15, -0.1) is 0 Å². The minimum atomic E-state index is -1.38. The summed E-state index contributed by atoms with van der Waals surface area (Å²) in [6.07, 6.45) is -0.170. The maximum atomic E-state index is 12.9. The third-order valence-electron chi connectivity index (χ3n) is 3.64. The largest absolute Gasteiger partial charge is 0.384 e. The third-order valence-corrected chi connectivity index (χ3v) is 3.64. The maximum absolute atomic E-state index is 12.9. The summed E-state index contributed by atoms with van der Waals surface area (Å²) in [4.78, 5) is 22.4. The van der Waals surface area contributed by atoms with Gasteiger partial charge in [0, 0.05) is 11.6 Å². The van der Waals surface area contributed by atoms with Crippen molar-refractivity contribution in [1.29, 1.82) is 0 Å². The van der Waals surface area contributed by atoms with Gasteiger partial charge in [0.05, 0.1) is 17.9 Å². The highest BCUT2D eigenvalue weighted by atomic mass is 19.1. The third kappa shape index (κ3) is 4.36. The fourth-order valence-electron chi connectivity index (χ4n) is 2.26. The monoisotopic (exact) mass is 332 g/mol. The molecule has 1 atom stereocenters. The molecule has 7 heteroatoms. The van der Waals surface area contributed by atoms with Crippen molar-refractivity contribution in [3.8, 4) is 0 Å². The number of para-hydroxylation sites is 1. The predicted molar refractivity (Wildman–Crippen MR) is 85.8 cm³/mol. The van der Waals surface area contributed by atoms with E-state index in [9.17, 15) is 24.4 Å². The lowest BCUT2D eigenvalue weighted by Crippen LogP contribution is -2.39. The lowest BCUT2D eigenvalue weighted by Gasteiger charge is -2.24. The predicted octanol–water partition coefficient (Wildman–Crippen LogP) is 2.30. The van der Waals surface area contributed by atoms with Gasteiger partial charge in [0.2, 0.25) is 5.91 Å². The van der Waals surface area contributed by atoms with Crippen LogP contribution in [0, 0.1) is 15.9 Å². The van der Waals surface area contributed by atoms with Gasteiger partial charge in [-0.2, -0.15) is 0 Å². The first kappa shape index (κ1) is 17.6. The topological polar surface area (TPSA) is 92.5 Å². The van der Waals surface area contributed by atoms with Gasteiger partial charge in [0.15, 0.2) is 0 Å². The molecular formula is C17H17FN2O4. The van der Waals surface area contributed by atoms with E-state index in [1.807, 2.05) is 0 Å². The summed E-state index contributed by atoms with van der Waals surface area (Å²) >= 11 is 0. The number of nitrogens with one attached hydrogen (secondary N) is 1. The lowest BCUT2D eigenvalue weighted by atomic mass is 9.96. The highest BCUT2D eigenvalue weighted by molar-refractivity contribution is 5.79. The molecule has 0 aliphatic carbocycles. The van der Waals surface area contributed by atoms with Crippen molar-refractivity contribution >= 4 is 11.6 Å². The molecule has 0 aliphatic rings. The first-order chi connectivity index (χ1) is 11.3. The molecule has 2 aromatic carbocycles.